The van der Waals surface area contributed by atoms with Gasteiger partial charge in [0.25, 0.3) is 5.91 Å². The van der Waals surface area contributed by atoms with Gasteiger partial charge in [-0.3, -0.25) is 14.5 Å². The predicted octanol–water partition coefficient (Wildman–Crippen LogP) is 5.42. The van der Waals surface area contributed by atoms with Crippen molar-refractivity contribution in [2.75, 3.05) is 5.32 Å². The number of benzene rings is 2. The molecule has 0 saturated heterocycles. The van der Waals surface area contributed by atoms with E-state index < -0.39 is 0 Å². The summed E-state index contributed by atoms with van der Waals surface area (Å²) < 4.78 is 3.45. The molecule has 0 saturated carbocycles. The Balaban J connectivity index is 1.28. The van der Waals surface area contributed by atoms with Gasteiger partial charge in [0.05, 0.1) is 17.5 Å². The molecule has 1 N–H and O–H groups in total. The van der Waals surface area contributed by atoms with Gasteiger partial charge in [-0.1, -0.05) is 60.2 Å². The number of anilines is 1. The minimum absolute atomic E-state index is 0.289. The van der Waals surface area contributed by atoms with Gasteiger partial charge in [0, 0.05) is 42.3 Å². The number of fused-ring (bicyclic) bond motifs is 1. The predicted molar refractivity (Wildman–Crippen MR) is 143 cm³/mol. The first-order valence-electron chi connectivity index (χ1n) is 11.8. The number of aromatic nitrogens is 6. The molecule has 0 fully saturated rings. The minimum Gasteiger partial charge on any atom is -0.305 e. The smallest absolute Gasteiger partial charge is 0.258 e. The van der Waals surface area contributed by atoms with Gasteiger partial charge in [-0.15, -0.1) is 0 Å². The summed E-state index contributed by atoms with van der Waals surface area (Å²) in [6.45, 7) is 2.06. The van der Waals surface area contributed by atoms with Gasteiger partial charge in [-0.2, -0.15) is 10.2 Å². The van der Waals surface area contributed by atoms with Crippen molar-refractivity contribution in [3.8, 4) is 33.6 Å². The van der Waals surface area contributed by atoms with Crippen LogP contribution < -0.4 is 5.32 Å². The number of hydrogen-bond donors (Lipinski definition) is 1. The number of nitrogens with zero attached hydrogens (tertiary/aromatic N) is 6. The van der Waals surface area contributed by atoms with Gasteiger partial charge in [0.2, 0.25) is 0 Å². The fraction of sp³-hybridized carbons (Fsp3) is 0.0690. The highest BCUT2D eigenvalue weighted by Crippen LogP contribution is 2.30. The molecule has 4 aromatic heterocycles. The molecular weight excluding hydrogens is 462 g/mol. The van der Waals surface area contributed by atoms with Crippen LogP contribution in [0.15, 0.2) is 97.6 Å². The Morgan fingerprint density at radius 1 is 0.838 bits per heavy atom. The van der Waals surface area contributed by atoms with Crippen LogP contribution in [0.1, 0.15) is 15.9 Å². The lowest BCUT2D eigenvalue weighted by molar-refractivity contribution is 0.102. The Kier molecular flexibility index (Phi) is 5.54. The lowest BCUT2D eigenvalue weighted by Gasteiger charge is -2.05. The SMILES string of the molecule is Cc1ccc(-c2nn(C)cc2-c2ccc3nc(NC(=O)c4cncc(-c5ccccc5)c4)cn3n2)cc1. The number of carbonyl (C=O) groups excluding carboxylic acids is 1. The summed E-state index contributed by atoms with van der Waals surface area (Å²) in [6, 6.07) is 23.7. The third-order valence-electron chi connectivity index (χ3n) is 6.10. The maximum absolute atomic E-state index is 13.0. The van der Waals surface area contributed by atoms with Crippen LogP contribution in [0.5, 0.6) is 0 Å². The van der Waals surface area contributed by atoms with Crippen molar-refractivity contribution in [3.63, 3.8) is 0 Å². The Morgan fingerprint density at radius 2 is 1.65 bits per heavy atom. The van der Waals surface area contributed by atoms with Crippen molar-refractivity contribution in [1.82, 2.24) is 29.4 Å². The molecule has 0 spiro atoms. The average Bonchev–Trinajstić information content (AvgIpc) is 3.52. The molecule has 8 heteroatoms. The van der Waals surface area contributed by atoms with Crippen LogP contribution in [0.25, 0.3) is 39.3 Å². The Bertz CT molecular complexity index is 1730. The van der Waals surface area contributed by atoms with E-state index in [1.807, 2.05) is 61.8 Å². The summed E-state index contributed by atoms with van der Waals surface area (Å²) in [7, 11) is 1.90. The van der Waals surface area contributed by atoms with E-state index in [-0.39, 0.29) is 5.91 Å². The van der Waals surface area contributed by atoms with E-state index in [2.05, 4.69) is 51.6 Å². The fourth-order valence-electron chi connectivity index (χ4n) is 4.23. The molecule has 0 aliphatic carbocycles. The lowest BCUT2D eigenvalue weighted by Crippen LogP contribution is -2.12. The van der Waals surface area contributed by atoms with E-state index in [4.69, 9.17) is 5.10 Å². The summed E-state index contributed by atoms with van der Waals surface area (Å²) in [4.78, 5) is 21.7. The fourth-order valence-corrected chi connectivity index (χ4v) is 4.23. The first kappa shape index (κ1) is 22.4. The number of hydrogen-bond acceptors (Lipinski definition) is 5. The van der Waals surface area contributed by atoms with Gasteiger partial charge < -0.3 is 5.32 Å². The van der Waals surface area contributed by atoms with E-state index in [1.54, 1.807) is 27.8 Å². The highest BCUT2D eigenvalue weighted by Gasteiger charge is 2.16. The van der Waals surface area contributed by atoms with E-state index in [9.17, 15) is 4.79 Å². The van der Waals surface area contributed by atoms with Gasteiger partial charge in [0.15, 0.2) is 11.5 Å². The third-order valence-corrected chi connectivity index (χ3v) is 6.10. The first-order valence-corrected chi connectivity index (χ1v) is 11.8. The van der Waals surface area contributed by atoms with Gasteiger partial charge in [-0.05, 0) is 30.7 Å². The van der Waals surface area contributed by atoms with Crippen LogP contribution in [-0.4, -0.2) is 35.3 Å². The largest absolute Gasteiger partial charge is 0.305 e. The molecule has 1 amide bonds. The van der Waals surface area contributed by atoms with Crippen LogP contribution in [0.2, 0.25) is 0 Å². The summed E-state index contributed by atoms with van der Waals surface area (Å²) >= 11 is 0. The Labute approximate surface area is 213 Å². The standard InChI is InChI=1S/C29H23N7O/c1-19-8-10-21(11-9-19)28-24(17-35(2)34-28)25-12-13-27-31-26(18-36(27)33-25)32-29(37)23-14-22(15-30-16-23)20-6-4-3-5-7-20/h3-18H,1-2H3,(H,32,37). The van der Waals surface area contributed by atoms with Crippen molar-refractivity contribution in [1.29, 1.82) is 0 Å². The number of imidazole rings is 1. The second kappa shape index (κ2) is 9.16. The molecule has 6 rings (SSSR count). The van der Waals surface area contributed by atoms with E-state index >= 15 is 0 Å². The molecule has 0 aliphatic rings. The van der Waals surface area contributed by atoms with Gasteiger partial charge in [-0.25, -0.2) is 9.50 Å². The van der Waals surface area contributed by atoms with Crippen LogP contribution in [0.3, 0.4) is 0 Å². The number of aryl methyl sites for hydroxylation is 2. The quantitative estimate of drug-likeness (QED) is 0.352. The monoisotopic (exact) mass is 485 g/mol. The number of nitrogens with one attached hydrogen (secondary N) is 1. The van der Waals surface area contributed by atoms with Gasteiger partial charge in [0.1, 0.15) is 5.69 Å². The van der Waals surface area contributed by atoms with Crippen molar-refractivity contribution >= 4 is 17.4 Å². The zero-order chi connectivity index (χ0) is 25.4. The molecule has 6 aromatic rings. The maximum atomic E-state index is 13.0. The van der Waals surface area contributed by atoms with Crippen LogP contribution in [0.4, 0.5) is 5.82 Å². The second-order valence-electron chi connectivity index (χ2n) is 8.86. The molecule has 4 heterocycles. The summed E-state index contributed by atoms with van der Waals surface area (Å²) in [5.41, 5.74) is 7.67. The highest BCUT2D eigenvalue weighted by atomic mass is 16.1. The molecule has 0 atom stereocenters. The molecule has 2 aromatic carbocycles. The van der Waals surface area contributed by atoms with Crippen LogP contribution in [-0.2, 0) is 7.05 Å². The molecular formula is C29H23N7O. The second-order valence-corrected chi connectivity index (χ2v) is 8.86. The average molecular weight is 486 g/mol. The van der Waals surface area contributed by atoms with Crippen LogP contribution >= 0.6 is 0 Å². The van der Waals surface area contributed by atoms with Crippen LogP contribution in [0, 0.1) is 6.92 Å². The number of carbonyl (C=O) groups is 1. The topological polar surface area (TPSA) is 90.0 Å². The molecule has 0 aliphatic heterocycles. The lowest BCUT2D eigenvalue weighted by atomic mass is 10.0. The molecule has 180 valence electrons. The van der Waals surface area contributed by atoms with Crippen molar-refractivity contribution in [2.24, 2.45) is 7.05 Å². The normalized spacial score (nSPS) is 11.1. The first-order chi connectivity index (χ1) is 18.0. The van der Waals surface area contributed by atoms with Crippen molar-refractivity contribution in [2.45, 2.75) is 6.92 Å². The Morgan fingerprint density at radius 3 is 2.46 bits per heavy atom. The van der Waals surface area contributed by atoms with Crippen molar-refractivity contribution in [3.05, 3.63) is 109 Å². The van der Waals surface area contributed by atoms with E-state index in [0.29, 0.717) is 17.0 Å². The number of rotatable bonds is 5. The third kappa shape index (κ3) is 4.48. The summed E-state index contributed by atoms with van der Waals surface area (Å²) in [5, 5.41) is 12.3. The minimum atomic E-state index is -0.289. The van der Waals surface area contributed by atoms with Gasteiger partial charge >= 0.3 is 0 Å². The molecule has 0 bridgehead atoms. The summed E-state index contributed by atoms with van der Waals surface area (Å²) in [5.74, 6) is 0.118. The molecule has 0 unspecified atom stereocenters. The zero-order valence-corrected chi connectivity index (χ0v) is 20.3. The highest BCUT2D eigenvalue weighted by molar-refractivity contribution is 6.04. The van der Waals surface area contributed by atoms with Crippen molar-refractivity contribution < 1.29 is 4.79 Å². The number of pyridine rings is 1. The maximum Gasteiger partial charge on any atom is 0.258 e. The molecule has 8 nitrogen and oxygen atoms in total. The summed E-state index contributed by atoms with van der Waals surface area (Å²) in [6.07, 6.45) is 6.94. The molecule has 0 radical (unpaired) electrons. The number of amides is 1. The van der Waals surface area contributed by atoms with E-state index in [0.717, 1.165) is 33.6 Å². The molecule has 37 heavy (non-hydrogen) atoms. The Hall–Kier alpha value is -5.11. The zero-order valence-electron chi connectivity index (χ0n) is 20.3. The van der Waals surface area contributed by atoms with E-state index in [1.165, 1.54) is 5.56 Å².